The second-order valence-corrected chi connectivity index (χ2v) is 4.05. The van der Waals surface area contributed by atoms with Crippen molar-refractivity contribution in [3.63, 3.8) is 0 Å². The first-order valence-electron chi connectivity index (χ1n) is 4.71. The van der Waals surface area contributed by atoms with Gasteiger partial charge in [0.05, 0.1) is 30.9 Å². The molecule has 0 unspecified atom stereocenters. The van der Waals surface area contributed by atoms with Crippen LogP contribution in [-0.4, -0.2) is 24.2 Å². The third-order valence-corrected chi connectivity index (χ3v) is 3.04. The van der Waals surface area contributed by atoms with Gasteiger partial charge in [0.2, 0.25) is 0 Å². The number of benzene rings is 1. The molecule has 0 bridgehead atoms. The summed E-state index contributed by atoms with van der Waals surface area (Å²) >= 11 is 3.35. The summed E-state index contributed by atoms with van der Waals surface area (Å²) in [6.07, 6.45) is 0. The van der Waals surface area contributed by atoms with Gasteiger partial charge in [-0.1, -0.05) is 0 Å². The fourth-order valence-electron chi connectivity index (χ4n) is 1.45. The summed E-state index contributed by atoms with van der Waals surface area (Å²) in [6.45, 7) is 1.90. The number of hydrogen-bond donors (Lipinski definition) is 0. The van der Waals surface area contributed by atoms with E-state index in [0.717, 1.165) is 21.3 Å². The number of ether oxygens (including phenoxy) is 2. The maximum atomic E-state index is 5.21. The number of hydrogen-bond acceptors (Lipinski definition) is 4. The minimum absolute atomic E-state index is 0.653. The zero-order chi connectivity index (χ0) is 11.7. The van der Waals surface area contributed by atoms with Gasteiger partial charge in [0.1, 0.15) is 4.60 Å². The lowest BCUT2D eigenvalue weighted by Crippen LogP contribution is -1.94. The van der Waals surface area contributed by atoms with Gasteiger partial charge in [0.15, 0.2) is 11.5 Å². The highest BCUT2D eigenvalue weighted by Crippen LogP contribution is 2.31. The second kappa shape index (κ2) is 4.25. The van der Waals surface area contributed by atoms with Gasteiger partial charge < -0.3 is 9.47 Å². The van der Waals surface area contributed by atoms with E-state index >= 15 is 0 Å². The molecule has 0 saturated heterocycles. The molecule has 5 heteroatoms. The molecule has 0 spiro atoms. The van der Waals surface area contributed by atoms with Crippen molar-refractivity contribution in [1.29, 1.82) is 0 Å². The molecule has 1 aromatic carbocycles. The van der Waals surface area contributed by atoms with Crippen LogP contribution in [0.5, 0.6) is 11.5 Å². The Labute approximate surface area is 102 Å². The molecule has 2 rings (SSSR count). The van der Waals surface area contributed by atoms with E-state index in [1.54, 1.807) is 14.2 Å². The third-order valence-electron chi connectivity index (χ3n) is 2.29. The quantitative estimate of drug-likeness (QED) is 0.850. The second-order valence-electron chi connectivity index (χ2n) is 3.30. The van der Waals surface area contributed by atoms with Gasteiger partial charge in [-0.3, -0.25) is 0 Å². The predicted octanol–water partition coefficient (Wildman–Crippen LogP) is 2.72. The largest absolute Gasteiger partial charge is 0.493 e. The highest BCUT2D eigenvalue weighted by atomic mass is 79.9. The molecule has 1 heterocycles. The van der Waals surface area contributed by atoms with E-state index in [-0.39, 0.29) is 0 Å². The minimum atomic E-state index is 0.653. The van der Waals surface area contributed by atoms with E-state index in [1.165, 1.54) is 0 Å². The van der Waals surface area contributed by atoms with Crippen LogP contribution in [0.25, 0.3) is 11.0 Å². The van der Waals surface area contributed by atoms with Crippen molar-refractivity contribution in [3.8, 4) is 11.5 Å². The van der Waals surface area contributed by atoms with E-state index < -0.39 is 0 Å². The first-order valence-corrected chi connectivity index (χ1v) is 5.51. The molecule has 0 amide bonds. The molecule has 0 aliphatic rings. The number of methoxy groups -OCH3 is 2. The van der Waals surface area contributed by atoms with Gasteiger partial charge in [0.25, 0.3) is 0 Å². The summed E-state index contributed by atoms with van der Waals surface area (Å²) in [5.41, 5.74) is 2.41. The van der Waals surface area contributed by atoms with Gasteiger partial charge in [-0.2, -0.15) is 0 Å². The van der Waals surface area contributed by atoms with Crippen molar-refractivity contribution >= 4 is 27.0 Å². The number of fused-ring (bicyclic) bond motifs is 1. The van der Waals surface area contributed by atoms with E-state index in [1.807, 2.05) is 19.1 Å². The van der Waals surface area contributed by atoms with Crippen molar-refractivity contribution < 1.29 is 9.47 Å². The smallest absolute Gasteiger partial charge is 0.163 e. The van der Waals surface area contributed by atoms with Crippen LogP contribution in [0.3, 0.4) is 0 Å². The summed E-state index contributed by atoms with van der Waals surface area (Å²) in [5, 5.41) is 0. The Morgan fingerprint density at radius 1 is 1.00 bits per heavy atom. The topological polar surface area (TPSA) is 44.2 Å². The van der Waals surface area contributed by atoms with Gasteiger partial charge >= 0.3 is 0 Å². The molecule has 0 fully saturated rings. The third kappa shape index (κ3) is 1.82. The summed E-state index contributed by atoms with van der Waals surface area (Å²) in [4.78, 5) is 8.79. The molecular formula is C11H11BrN2O2. The van der Waals surface area contributed by atoms with E-state index in [0.29, 0.717) is 11.5 Å². The Kier molecular flexibility index (Phi) is 2.96. The number of aromatic nitrogens is 2. The van der Waals surface area contributed by atoms with Crippen LogP contribution >= 0.6 is 15.9 Å². The highest BCUT2D eigenvalue weighted by Gasteiger charge is 2.09. The first kappa shape index (κ1) is 11.1. The van der Waals surface area contributed by atoms with Crippen molar-refractivity contribution in [2.75, 3.05) is 14.2 Å². The first-order chi connectivity index (χ1) is 7.65. The zero-order valence-electron chi connectivity index (χ0n) is 9.24. The van der Waals surface area contributed by atoms with Crippen molar-refractivity contribution in [2.24, 2.45) is 0 Å². The molecule has 0 aliphatic heterocycles. The van der Waals surface area contributed by atoms with Crippen LogP contribution in [0.15, 0.2) is 16.7 Å². The molecule has 4 nitrogen and oxygen atoms in total. The fourth-order valence-corrected chi connectivity index (χ4v) is 1.73. The summed E-state index contributed by atoms with van der Waals surface area (Å²) in [7, 11) is 3.20. The Balaban J connectivity index is 2.73. The lowest BCUT2D eigenvalue weighted by Gasteiger charge is -2.09. The van der Waals surface area contributed by atoms with E-state index in [4.69, 9.17) is 9.47 Å². The number of halogens is 1. The molecule has 0 N–H and O–H groups in total. The summed E-state index contributed by atoms with van der Waals surface area (Å²) < 4.78 is 11.2. The molecule has 0 atom stereocenters. The monoisotopic (exact) mass is 282 g/mol. The van der Waals surface area contributed by atoms with E-state index in [9.17, 15) is 0 Å². The molecule has 84 valence electrons. The van der Waals surface area contributed by atoms with Crippen LogP contribution in [0.2, 0.25) is 0 Å². The fraction of sp³-hybridized carbons (Fsp3) is 0.273. The Hall–Kier alpha value is -1.36. The number of rotatable bonds is 2. The molecule has 2 aromatic rings. The summed E-state index contributed by atoms with van der Waals surface area (Å²) in [6, 6.07) is 3.63. The van der Waals surface area contributed by atoms with Crippen molar-refractivity contribution in [1.82, 2.24) is 9.97 Å². The number of nitrogens with zero attached hydrogens (tertiary/aromatic N) is 2. The lowest BCUT2D eigenvalue weighted by molar-refractivity contribution is 0.355. The zero-order valence-corrected chi connectivity index (χ0v) is 10.8. The van der Waals surface area contributed by atoms with Crippen LogP contribution in [0.4, 0.5) is 0 Å². The Morgan fingerprint density at radius 3 is 2.00 bits per heavy atom. The van der Waals surface area contributed by atoms with Crippen molar-refractivity contribution in [2.45, 2.75) is 6.92 Å². The normalized spacial score (nSPS) is 10.5. The van der Waals surface area contributed by atoms with Crippen LogP contribution in [-0.2, 0) is 0 Å². The SMILES string of the molecule is COc1cc2nc(C)c(Br)nc2cc1OC. The Morgan fingerprint density at radius 2 is 1.50 bits per heavy atom. The minimum Gasteiger partial charge on any atom is -0.493 e. The van der Waals surface area contributed by atoms with E-state index in [2.05, 4.69) is 25.9 Å². The molecule has 0 radical (unpaired) electrons. The van der Waals surface area contributed by atoms with Crippen LogP contribution < -0.4 is 9.47 Å². The molecule has 0 aliphatic carbocycles. The maximum Gasteiger partial charge on any atom is 0.163 e. The van der Waals surface area contributed by atoms with Crippen LogP contribution in [0.1, 0.15) is 5.69 Å². The predicted molar refractivity (Wildman–Crippen MR) is 65.1 cm³/mol. The number of aryl methyl sites for hydroxylation is 1. The lowest BCUT2D eigenvalue weighted by atomic mass is 10.2. The van der Waals surface area contributed by atoms with Crippen LogP contribution in [0, 0.1) is 6.92 Å². The maximum absolute atomic E-state index is 5.21. The van der Waals surface area contributed by atoms with Crippen molar-refractivity contribution in [3.05, 3.63) is 22.4 Å². The van der Waals surface area contributed by atoms with Gasteiger partial charge in [-0.05, 0) is 22.9 Å². The molecular weight excluding hydrogens is 272 g/mol. The average Bonchev–Trinajstić information content (AvgIpc) is 2.29. The van der Waals surface area contributed by atoms with Gasteiger partial charge in [0, 0.05) is 12.1 Å². The average molecular weight is 283 g/mol. The molecule has 1 aromatic heterocycles. The summed E-state index contributed by atoms with van der Waals surface area (Å²) in [5.74, 6) is 1.31. The van der Waals surface area contributed by atoms with Gasteiger partial charge in [-0.15, -0.1) is 0 Å². The standard InChI is InChI=1S/C11H11BrN2O2/c1-6-11(12)14-8-5-10(16-3)9(15-2)4-7(8)13-6/h4-5H,1-3H3. The molecule has 16 heavy (non-hydrogen) atoms. The molecule has 0 saturated carbocycles. The Bertz CT molecular complexity index is 494. The highest BCUT2D eigenvalue weighted by molar-refractivity contribution is 9.10. The van der Waals surface area contributed by atoms with Gasteiger partial charge in [-0.25, -0.2) is 9.97 Å².